The van der Waals surface area contributed by atoms with E-state index in [1.807, 2.05) is 18.2 Å². The van der Waals surface area contributed by atoms with Crippen LogP contribution < -0.4 is 10.5 Å². The van der Waals surface area contributed by atoms with E-state index >= 15 is 0 Å². The van der Waals surface area contributed by atoms with Crippen LogP contribution in [-0.2, 0) is 6.54 Å². The number of hydrogen-bond donors (Lipinski definition) is 1. The first-order valence-corrected chi connectivity index (χ1v) is 4.39. The summed E-state index contributed by atoms with van der Waals surface area (Å²) < 4.78 is 6.28. The fraction of sp³-hybridized carbons (Fsp3) is 0.250. The summed E-state index contributed by atoms with van der Waals surface area (Å²) in [7, 11) is 1.66. The maximum absolute atomic E-state index is 5.51. The molecule has 0 spiro atoms. The molecule has 0 heterocycles. The molecular weight excluding hydrogens is 253 g/mol. The average molecular weight is 263 g/mol. The summed E-state index contributed by atoms with van der Waals surface area (Å²) >= 11 is 2.23. The van der Waals surface area contributed by atoms with Crippen LogP contribution >= 0.6 is 22.6 Å². The Morgan fingerprint density at radius 3 is 2.73 bits per heavy atom. The van der Waals surface area contributed by atoms with Crippen LogP contribution in [0.1, 0.15) is 5.56 Å². The van der Waals surface area contributed by atoms with E-state index in [0.29, 0.717) is 6.54 Å². The highest BCUT2D eigenvalue weighted by molar-refractivity contribution is 14.1. The van der Waals surface area contributed by atoms with Crippen molar-refractivity contribution in [3.8, 4) is 5.75 Å². The normalized spacial score (nSPS) is 9.73. The molecule has 0 amide bonds. The van der Waals surface area contributed by atoms with E-state index in [9.17, 15) is 0 Å². The van der Waals surface area contributed by atoms with Gasteiger partial charge in [0.25, 0.3) is 0 Å². The molecule has 0 unspecified atom stereocenters. The minimum Gasteiger partial charge on any atom is -0.495 e. The van der Waals surface area contributed by atoms with Gasteiger partial charge in [-0.3, -0.25) is 0 Å². The van der Waals surface area contributed by atoms with Crippen molar-refractivity contribution < 1.29 is 4.74 Å². The first-order valence-electron chi connectivity index (χ1n) is 3.31. The Morgan fingerprint density at radius 1 is 1.55 bits per heavy atom. The van der Waals surface area contributed by atoms with Crippen LogP contribution in [-0.4, -0.2) is 7.11 Å². The molecule has 60 valence electrons. The lowest BCUT2D eigenvalue weighted by Gasteiger charge is -2.07. The fourth-order valence-electron chi connectivity index (χ4n) is 0.943. The molecule has 11 heavy (non-hydrogen) atoms. The van der Waals surface area contributed by atoms with Gasteiger partial charge in [-0.1, -0.05) is 12.1 Å². The Labute approximate surface area is 79.9 Å². The molecule has 0 aliphatic heterocycles. The summed E-state index contributed by atoms with van der Waals surface area (Å²) in [6.45, 7) is 0.528. The van der Waals surface area contributed by atoms with Crippen molar-refractivity contribution in [3.05, 3.63) is 27.3 Å². The van der Waals surface area contributed by atoms with Gasteiger partial charge >= 0.3 is 0 Å². The van der Waals surface area contributed by atoms with Crippen LogP contribution in [0.15, 0.2) is 18.2 Å². The molecule has 0 aliphatic rings. The molecule has 1 aromatic carbocycles. The van der Waals surface area contributed by atoms with Gasteiger partial charge in [-0.15, -0.1) is 0 Å². The minimum atomic E-state index is 0.528. The van der Waals surface area contributed by atoms with Crippen LogP contribution in [0.5, 0.6) is 5.75 Å². The number of benzene rings is 1. The molecular formula is C8H10INO. The number of para-hydroxylation sites is 1. The van der Waals surface area contributed by atoms with Gasteiger partial charge in [-0.25, -0.2) is 0 Å². The maximum Gasteiger partial charge on any atom is 0.136 e. The Kier molecular flexibility index (Phi) is 3.14. The summed E-state index contributed by atoms with van der Waals surface area (Å²) in [4.78, 5) is 0. The molecule has 0 fully saturated rings. The molecule has 0 bridgehead atoms. The third-order valence-electron chi connectivity index (χ3n) is 1.47. The van der Waals surface area contributed by atoms with Gasteiger partial charge in [0.1, 0.15) is 5.75 Å². The Balaban J connectivity index is 3.13. The lowest BCUT2D eigenvalue weighted by atomic mass is 10.2. The van der Waals surface area contributed by atoms with E-state index in [-0.39, 0.29) is 0 Å². The highest BCUT2D eigenvalue weighted by Crippen LogP contribution is 2.24. The zero-order chi connectivity index (χ0) is 8.27. The number of nitrogens with two attached hydrogens (primary N) is 1. The molecule has 2 N–H and O–H groups in total. The van der Waals surface area contributed by atoms with Crippen molar-refractivity contribution >= 4 is 22.6 Å². The molecule has 3 heteroatoms. The fourth-order valence-corrected chi connectivity index (χ4v) is 1.72. The summed E-state index contributed by atoms with van der Waals surface area (Å²) in [5, 5.41) is 0. The summed E-state index contributed by atoms with van der Waals surface area (Å²) in [6.07, 6.45) is 0. The molecule has 0 saturated heterocycles. The van der Waals surface area contributed by atoms with Crippen molar-refractivity contribution in [1.82, 2.24) is 0 Å². The Bertz CT molecular complexity index is 250. The topological polar surface area (TPSA) is 35.2 Å². The minimum absolute atomic E-state index is 0.528. The van der Waals surface area contributed by atoms with Crippen molar-refractivity contribution in [1.29, 1.82) is 0 Å². The number of ether oxygens (including phenoxy) is 1. The van der Waals surface area contributed by atoms with Gasteiger partial charge in [-0.05, 0) is 28.7 Å². The molecule has 0 radical (unpaired) electrons. The monoisotopic (exact) mass is 263 g/mol. The molecule has 0 atom stereocenters. The molecule has 1 rings (SSSR count). The summed E-state index contributed by atoms with van der Waals surface area (Å²) in [5.41, 5.74) is 6.57. The lowest BCUT2D eigenvalue weighted by Crippen LogP contribution is -2.00. The van der Waals surface area contributed by atoms with Crippen molar-refractivity contribution in [2.75, 3.05) is 7.11 Å². The molecule has 0 aromatic heterocycles. The van der Waals surface area contributed by atoms with Gasteiger partial charge in [0, 0.05) is 12.1 Å². The van der Waals surface area contributed by atoms with E-state index in [1.165, 1.54) is 0 Å². The van der Waals surface area contributed by atoms with Gasteiger partial charge in [0.05, 0.1) is 10.7 Å². The maximum atomic E-state index is 5.51. The van der Waals surface area contributed by atoms with E-state index in [2.05, 4.69) is 22.6 Å². The molecule has 0 saturated carbocycles. The lowest BCUT2D eigenvalue weighted by molar-refractivity contribution is 0.407. The van der Waals surface area contributed by atoms with Crippen LogP contribution in [0.2, 0.25) is 0 Å². The Morgan fingerprint density at radius 2 is 2.27 bits per heavy atom. The third-order valence-corrected chi connectivity index (χ3v) is 2.32. The predicted molar refractivity (Wildman–Crippen MR) is 53.6 cm³/mol. The van der Waals surface area contributed by atoms with E-state index < -0.39 is 0 Å². The molecule has 1 aromatic rings. The van der Waals surface area contributed by atoms with E-state index in [4.69, 9.17) is 10.5 Å². The van der Waals surface area contributed by atoms with Crippen LogP contribution in [0.3, 0.4) is 0 Å². The second kappa shape index (κ2) is 3.92. The van der Waals surface area contributed by atoms with Gasteiger partial charge < -0.3 is 10.5 Å². The van der Waals surface area contributed by atoms with Crippen molar-refractivity contribution in [2.24, 2.45) is 5.73 Å². The highest BCUT2D eigenvalue weighted by atomic mass is 127. The third kappa shape index (κ3) is 1.84. The van der Waals surface area contributed by atoms with Crippen LogP contribution in [0.25, 0.3) is 0 Å². The average Bonchev–Trinajstić information content (AvgIpc) is 2.04. The Hall–Kier alpha value is -0.290. The van der Waals surface area contributed by atoms with Crippen LogP contribution in [0, 0.1) is 3.57 Å². The zero-order valence-electron chi connectivity index (χ0n) is 6.30. The largest absolute Gasteiger partial charge is 0.495 e. The predicted octanol–water partition coefficient (Wildman–Crippen LogP) is 1.76. The second-order valence-corrected chi connectivity index (χ2v) is 3.30. The standard InChI is InChI=1S/C8H10INO/c1-11-8-6(5-10)3-2-4-7(8)9/h2-4H,5,10H2,1H3. The first kappa shape index (κ1) is 8.80. The van der Waals surface area contributed by atoms with Crippen molar-refractivity contribution in [2.45, 2.75) is 6.54 Å². The van der Waals surface area contributed by atoms with Gasteiger partial charge in [-0.2, -0.15) is 0 Å². The van der Waals surface area contributed by atoms with Gasteiger partial charge in [0.15, 0.2) is 0 Å². The first-order chi connectivity index (χ1) is 5.29. The summed E-state index contributed by atoms with van der Waals surface area (Å²) in [5.74, 6) is 0.899. The number of methoxy groups -OCH3 is 1. The van der Waals surface area contributed by atoms with E-state index in [1.54, 1.807) is 7.11 Å². The van der Waals surface area contributed by atoms with Crippen molar-refractivity contribution in [3.63, 3.8) is 0 Å². The van der Waals surface area contributed by atoms with E-state index in [0.717, 1.165) is 14.9 Å². The molecule has 0 aliphatic carbocycles. The number of halogens is 1. The smallest absolute Gasteiger partial charge is 0.136 e. The SMILES string of the molecule is COc1c(I)cccc1CN. The van der Waals surface area contributed by atoms with Gasteiger partial charge in [0.2, 0.25) is 0 Å². The van der Waals surface area contributed by atoms with Crippen LogP contribution in [0.4, 0.5) is 0 Å². The summed E-state index contributed by atoms with van der Waals surface area (Å²) in [6, 6.07) is 5.95. The quantitative estimate of drug-likeness (QED) is 0.825. The highest BCUT2D eigenvalue weighted by Gasteiger charge is 2.03. The number of rotatable bonds is 2. The number of hydrogen-bond acceptors (Lipinski definition) is 2. The zero-order valence-corrected chi connectivity index (χ0v) is 8.46. The molecule has 2 nitrogen and oxygen atoms in total. The second-order valence-electron chi connectivity index (χ2n) is 2.14.